The normalized spacial score (nSPS) is 33.4. The third-order valence-corrected chi connectivity index (χ3v) is 3.52. The Labute approximate surface area is 99.7 Å². The Kier molecular flexibility index (Phi) is 3.09. The van der Waals surface area contributed by atoms with E-state index in [1.807, 2.05) is 7.05 Å². The maximum absolute atomic E-state index is 5.43. The number of ether oxygens (including phenoxy) is 2. The van der Waals surface area contributed by atoms with Crippen molar-refractivity contribution < 1.29 is 14.0 Å². The Balaban J connectivity index is 1.75. The van der Waals surface area contributed by atoms with Gasteiger partial charge in [0.15, 0.2) is 5.82 Å². The molecule has 2 aliphatic heterocycles. The first-order chi connectivity index (χ1) is 8.38. The highest BCUT2D eigenvalue weighted by Gasteiger charge is 2.34. The number of rotatable bonds is 3. The van der Waals surface area contributed by atoms with Gasteiger partial charge in [0.05, 0.1) is 25.7 Å². The Morgan fingerprint density at radius 3 is 2.94 bits per heavy atom. The van der Waals surface area contributed by atoms with E-state index in [2.05, 4.69) is 15.5 Å². The molecular weight excluding hydrogens is 222 g/mol. The van der Waals surface area contributed by atoms with E-state index in [4.69, 9.17) is 14.0 Å². The maximum Gasteiger partial charge on any atom is 0.233 e. The molecule has 0 aromatic carbocycles. The highest BCUT2D eigenvalue weighted by atomic mass is 16.5. The minimum absolute atomic E-state index is 0.170. The summed E-state index contributed by atoms with van der Waals surface area (Å²) in [6.45, 7) is 2.84. The fourth-order valence-corrected chi connectivity index (χ4v) is 2.38. The van der Waals surface area contributed by atoms with Gasteiger partial charge in [0.2, 0.25) is 5.89 Å². The average Bonchev–Trinajstić information content (AvgIpc) is 3.09. The minimum Gasteiger partial charge on any atom is -0.381 e. The number of nitrogens with zero attached hydrogens (tertiary/aromatic N) is 2. The summed E-state index contributed by atoms with van der Waals surface area (Å²) >= 11 is 0. The van der Waals surface area contributed by atoms with Crippen LogP contribution in [0.4, 0.5) is 0 Å². The Bertz CT molecular complexity index is 376. The molecule has 3 heterocycles. The van der Waals surface area contributed by atoms with Gasteiger partial charge in [-0.1, -0.05) is 5.16 Å². The fraction of sp³-hybridized carbons (Fsp3) is 0.818. The lowest BCUT2D eigenvalue weighted by molar-refractivity contribution is 0.185. The molecule has 2 fully saturated rings. The molecule has 6 nitrogen and oxygen atoms in total. The van der Waals surface area contributed by atoms with E-state index in [0.717, 1.165) is 18.9 Å². The van der Waals surface area contributed by atoms with Crippen molar-refractivity contribution in [3.63, 3.8) is 0 Å². The zero-order chi connectivity index (χ0) is 11.7. The predicted molar refractivity (Wildman–Crippen MR) is 58.9 cm³/mol. The largest absolute Gasteiger partial charge is 0.381 e. The molecule has 1 aromatic heterocycles. The van der Waals surface area contributed by atoms with E-state index in [1.54, 1.807) is 0 Å². The van der Waals surface area contributed by atoms with Crippen molar-refractivity contribution in [2.24, 2.45) is 0 Å². The summed E-state index contributed by atoms with van der Waals surface area (Å²) in [5.41, 5.74) is 0. The molecule has 2 saturated heterocycles. The van der Waals surface area contributed by atoms with E-state index in [9.17, 15) is 0 Å². The molecule has 1 aromatic rings. The summed E-state index contributed by atoms with van der Waals surface area (Å²) < 4.78 is 16.1. The number of hydrogen-bond acceptors (Lipinski definition) is 6. The number of likely N-dealkylation sites (N-methyl/N-ethyl adjacent to an activating group) is 1. The van der Waals surface area contributed by atoms with Gasteiger partial charge in [-0.25, -0.2) is 0 Å². The smallest absolute Gasteiger partial charge is 0.233 e. The first-order valence-corrected chi connectivity index (χ1v) is 6.04. The van der Waals surface area contributed by atoms with Crippen molar-refractivity contribution >= 4 is 0 Å². The molecule has 2 aliphatic rings. The lowest BCUT2D eigenvalue weighted by atomic mass is 10.0. The van der Waals surface area contributed by atoms with Crippen LogP contribution in [-0.4, -0.2) is 49.7 Å². The van der Waals surface area contributed by atoms with E-state index in [0.29, 0.717) is 31.6 Å². The average molecular weight is 239 g/mol. The van der Waals surface area contributed by atoms with Crippen LogP contribution in [0.25, 0.3) is 0 Å². The molecule has 0 spiro atoms. The first kappa shape index (κ1) is 11.1. The van der Waals surface area contributed by atoms with Crippen LogP contribution in [0.15, 0.2) is 4.52 Å². The molecule has 0 saturated carbocycles. The predicted octanol–water partition coefficient (Wildman–Crippen LogP) is 0.275. The standard InChI is InChI=1S/C11H17N3O3/c1-12-9-6-16-5-8(9)11-13-10(14-17-11)7-2-3-15-4-7/h7-9,12H,2-6H2,1H3. The molecule has 0 aliphatic carbocycles. The van der Waals surface area contributed by atoms with E-state index in [1.165, 1.54) is 0 Å². The first-order valence-electron chi connectivity index (χ1n) is 6.04. The maximum atomic E-state index is 5.43. The summed E-state index contributed by atoms with van der Waals surface area (Å²) in [5.74, 6) is 1.93. The summed E-state index contributed by atoms with van der Waals surface area (Å²) in [4.78, 5) is 4.49. The molecule has 17 heavy (non-hydrogen) atoms. The van der Waals surface area contributed by atoms with Gasteiger partial charge in [0, 0.05) is 18.6 Å². The second-order valence-corrected chi connectivity index (χ2v) is 4.59. The lowest BCUT2D eigenvalue weighted by Gasteiger charge is -2.11. The Morgan fingerprint density at radius 2 is 2.18 bits per heavy atom. The van der Waals surface area contributed by atoms with E-state index in [-0.39, 0.29) is 12.0 Å². The third kappa shape index (κ3) is 2.08. The summed E-state index contributed by atoms with van der Waals surface area (Å²) in [5, 5.41) is 7.28. The van der Waals surface area contributed by atoms with Crippen LogP contribution in [0.1, 0.15) is 30.0 Å². The number of aromatic nitrogens is 2. The van der Waals surface area contributed by atoms with Crippen LogP contribution < -0.4 is 5.32 Å². The third-order valence-electron chi connectivity index (χ3n) is 3.52. The second kappa shape index (κ2) is 4.72. The highest BCUT2D eigenvalue weighted by molar-refractivity contribution is 5.05. The summed E-state index contributed by atoms with van der Waals surface area (Å²) in [6.07, 6.45) is 0.982. The van der Waals surface area contributed by atoms with Gasteiger partial charge in [0.1, 0.15) is 0 Å². The van der Waals surface area contributed by atoms with Gasteiger partial charge < -0.3 is 19.3 Å². The van der Waals surface area contributed by atoms with Crippen molar-refractivity contribution in [2.75, 3.05) is 33.5 Å². The van der Waals surface area contributed by atoms with Gasteiger partial charge in [-0.2, -0.15) is 4.98 Å². The van der Waals surface area contributed by atoms with Crippen LogP contribution in [0.3, 0.4) is 0 Å². The minimum atomic E-state index is 0.170. The van der Waals surface area contributed by atoms with Crippen LogP contribution in [0.5, 0.6) is 0 Å². The topological polar surface area (TPSA) is 69.4 Å². The van der Waals surface area contributed by atoms with E-state index < -0.39 is 0 Å². The summed E-state index contributed by atoms with van der Waals surface area (Å²) in [6, 6.07) is 0.267. The Hall–Kier alpha value is -0.980. The van der Waals surface area contributed by atoms with Crippen molar-refractivity contribution in [2.45, 2.75) is 24.3 Å². The molecule has 0 radical (unpaired) electrons. The highest BCUT2D eigenvalue weighted by Crippen LogP contribution is 2.27. The zero-order valence-corrected chi connectivity index (χ0v) is 9.89. The molecule has 94 valence electrons. The van der Waals surface area contributed by atoms with Crippen LogP contribution in [-0.2, 0) is 9.47 Å². The second-order valence-electron chi connectivity index (χ2n) is 4.59. The number of hydrogen-bond donors (Lipinski definition) is 1. The molecule has 0 amide bonds. The summed E-state index contributed by atoms with van der Waals surface area (Å²) in [7, 11) is 1.93. The number of nitrogens with one attached hydrogen (secondary N) is 1. The van der Waals surface area contributed by atoms with Crippen LogP contribution >= 0.6 is 0 Å². The van der Waals surface area contributed by atoms with Gasteiger partial charge in [-0.05, 0) is 13.5 Å². The van der Waals surface area contributed by atoms with Crippen LogP contribution in [0.2, 0.25) is 0 Å². The molecule has 3 rings (SSSR count). The van der Waals surface area contributed by atoms with Gasteiger partial charge in [0.25, 0.3) is 0 Å². The molecule has 3 unspecified atom stereocenters. The molecule has 1 N–H and O–H groups in total. The van der Waals surface area contributed by atoms with Crippen molar-refractivity contribution in [3.8, 4) is 0 Å². The zero-order valence-electron chi connectivity index (χ0n) is 9.89. The van der Waals surface area contributed by atoms with Gasteiger partial charge >= 0.3 is 0 Å². The SMILES string of the molecule is CNC1COCC1c1nc(C2CCOC2)no1. The quantitative estimate of drug-likeness (QED) is 0.816. The van der Waals surface area contributed by atoms with Crippen molar-refractivity contribution in [1.29, 1.82) is 0 Å². The Morgan fingerprint density at radius 1 is 1.24 bits per heavy atom. The van der Waals surface area contributed by atoms with E-state index >= 15 is 0 Å². The van der Waals surface area contributed by atoms with Gasteiger partial charge in [-0.3, -0.25) is 0 Å². The molecule has 0 bridgehead atoms. The molecular formula is C11H17N3O3. The van der Waals surface area contributed by atoms with Gasteiger partial charge in [-0.15, -0.1) is 0 Å². The van der Waals surface area contributed by atoms with Crippen LogP contribution in [0, 0.1) is 0 Å². The monoisotopic (exact) mass is 239 g/mol. The molecule has 6 heteroatoms. The fourth-order valence-electron chi connectivity index (χ4n) is 2.38. The lowest BCUT2D eigenvalue weighted by Crippen LogP contribution is -2.31. The van der Waals surface area contributed by atoms with Crippen molar-refractivity contribution in [3.05, 3.63) is 11.7 Å². The molecule has 3 atom stereocenters. The van der Waals surface area contributed by atoms with Crippen molar-refractivity contribution in [1.82, 2.24) is 15.5 Å².